The van der Waals surface area contributed by atoms with Crippen LogP contribution in [0.5, 0.6) is 11.5 Å². The number of nitrogens with zero attached hydrogens (tertiary/aromatic N) is 3. The number of phenolic OH excluding ortho intramolecular Hbond substituents is 1. The third-order valence-corrected chi connectivity index (χ3v) is 5.97. The molecule has 0 unspecified atom stereocenters. The predicted molar refractivity (Wildman–Crippen MR) is 129 cm³/mol. The zero-order valence-corrected chi connectivity index (χ0v) is 20.1. The maximum atomic E-state index is 12.5. The van der Waals surface area contributed by atoms with Crippen LogP contribution in [0, 0.1) is 0 Å². The lowest BCUT2D eigenvalue weighted by atomic mass is 10.2. The minimum absolute atomic E-state index is 0.0185. The molecule has 1 aromatic heterocycles. The van der Waals surface area contributed by atoms with Crippen molar-refractivity contribution < 1.29 is 27.8 Å². The standard InChI is InChI=1S/C23H16BrF3N4O3S/c24-14-6-11-19(32)18(12-14)21-29-30-22(31(21)16-4-2-1-3-5-16)35-13-20(33)28-15-7-9-17(10-8-15)34-23(25,26)27/h1-12,32H,13H2,(H,28,33). The lowest BCUT2D eigenvalue weighted by Gasteiger charge is -2.12. The normalized spacial score (nSPS) is 11.3. The second-order valence-electron chi connectivity index (χ2n) is 7.05. The van der Waals surface area contributed by atoms with Gasteiger partial charge in [-0.3, -0.25) is 9.36 Å². The smallest absolute Gasteiger partial charge is 0.507 e. The number of thioether (sulfide) groups is 1. The molecule has 0 fully saturated rings. The molecule has 35 heavy (non-hydrogen) atoms. The molecule has 4 aromatic rings. The monoisotopic (exact) mass is 564 g/mol. The van der Waals surface area contributed by atoms with Gasteiger partial charge in [-0.25, -0.2) is 0 Å². The third-order valence-electron chi connectivity index (χ3n) is 4.55. The Labute approximate surface area is 210 Å². The molecule has 0 spiro atoms. The molecule has 0 saturated heterocycles. The van der Waals surface area contributed by atoms with Gasteiger partial charge in [-0.05, 0) is 54.6 Å². The number of ether oxygens (including phenoxy) is 1. The van der Waals surface area contributed by atoms with E-state index in [1.165, 1.54) is 18.2 Å². The number of halogens is 4. The minimum atomic E-state index is -4.79. The Morgan fingerprint density at radius 3 is 2.46 bits per heavy atom. The van der Waals surface area contributed by atoms with E-state index in [4.69, 9.17) is 0 Å². The van der Waals surface area contributed by atoms with Gasteiger partial charge >= 0.3 is 6.36 Å². The predicted octanol–water partition coefficient (Wildman–Crippen LogP) is 6.03. The molecule has 1 heterocycles. The molecule has 2 N–H and O–H groups in total. The molecule has 4 rings (SSSR count). The van der Waals surface area contributed by atoms with E-state index in [1.54, 1.807) is 16.7 Å². The van der Waals surface area contributed by atoms with Crippen LogP contribution >= 0.6 is 27.7 Å². The largest absolute Gasteiger partial charge is 0.573 e. The number of carbonyl (C=O) groups is 1. The van der Waals surface area contributed by atoms with Gasteiger partial charge in [0.2, 0.25) is 5.91 Å². The second kappa shape index (κ2) is 10.4. The molecule has 0 atom stereocenters. The number of aromatic hydroxyl groups is 1. The fraction of sp³-hybridized carbons (Fsp3) is 0.0870. The zero-order chi connectivity index (χ0) is 25.0. The van der Waals surface area contributed by atoms with Crippen molar-refractivity contribution in [3.8, 4) is 28.6 Å². The average Bonchev–Trinajstić information content (AvgIpc) is 3.24. The van der Waals surface area contributed by atoms with Gasteiger partial charge in [0.1, 0.15) is 11.5 Å². The second-order valence-corrected chi connectivity index (χ2v) is 8.91. The number of anilines is 1. The van der Waals surface area contributed by atoms with Gasteiger partial charge in [0.15, 0.2) is 11.0 Å². The fourth-order valence-corrected chi connectivity index (χ4v) is 4.22. The maximum Gasteiger partial charge on any atom is 0.573 e. The van der Waals surface area contributed by atoms with E-state index in [-0.39, 0.29) is 17.3 Å². The fourth-order valence-electron chi connectivity index (χ4n) is 3.10. The van der Waals surface area contributed by atoms with E-state index in [2.05, 4.69) is 36.2 Å². The molecule has 0 radical (unpaired) electrons. The summed E-state index contributed by atoms with van der Waals surface area (Å²) in [6.07, 6.45) is -4.79. The summed E-state index contributed by atoms with van der Waals surface area (Å²) in [7, 11) is 0. The Balaban J connectivity index is 1.52. The van der Waals surface area contributed by atoms with E-state index in [0.29, 0.717) is 22.2 Å². The molecular weight excluding hydrogens is 549 g/mol. The molecule has 0 saturated carbocycles. The number of amides is 1. The molecule has 1 amide bonds. The van der Waals surface area contributed by atoms with E-state index >= 15 is 0 Å². The van der Waals surface area contributed by atoms with Crippen LogP contribution in [-0.4, -0.2) is 37.9 Å². The van der Waals surface area contributed by atoms with Crippen molar-refractivity contribution in [1.82, 2.24) is 14.8 Å². The summed E-state index contributed by atoms with van der Waals surface area (Å²) < 4.78 is 43.2. The molecule has 0 bridgehead atoms. The van der Waals surface area contributed by atoms with Gasteiger partial charge in [-0.2, -0.15) is 0 Å². The molecule has 3 aromatic carbocycles. The SMILES string of the molecule is O=C(CSc1nnc(-c2cc(Br)ccc2O)n1-c1ccccc1)Nc1ccc(OC(F)(F)F)cc1. The van der Waals surface area contributed by atoms with Crippen molar-refractivity contribution in [2.24, 2.45) is 0 Å². The van der Waals surface area contributed by atoms with Gasteiger partial charge in [-0.15, -0.1) is 23.4 Å². The van der Waals surface area contributed by atoms with Gasteiger partial charge in [0.05, 0.1) is 11.3 Å². The van der Waals surface area contributed by atoms with E-state index in [9.17, 15) is 23.1 Å². The van der Waals surface area contributed by atoms with Crippen molar-refractivity contribution in [3.05, 3.63) is 77.3 Å². The van der Waals surface area contributed by atoms with Crippen molar-refractivity contribution >= 4 is 39.3 Å². The number of nitrogens with one attached hydrogen (secondary N) is 1. The van der Waals surface area contributed by atoms with E-state index < -0.39 is 12.3 Å². The topological polar surface area (TPSA) is 89.3 Å². The highest BCUT2D eigenvalue weighted by molar-refractivity contribution is 9.10. The first-order valence-electron chi connectivity index (χ1n) is 9.98. The summed E-state index contributed by atoms with van der Waals surface area (Å²) in [5, 5.41) is 21.9. The highest BCUT2D eigenvalue weighted by Crippen LogP contribution is 2.34. The number of hydrogen-bond donors (Lipinski definition) is 2. The molecule has 0 aliphatic heterocycles. The number of para-hydroxylation sites is 1. The Morgan fingerprint density at radius 2 is 1.77 bits per heavy atom. The summed E-state index contributed by atoms with van der Waals surface area (Å²) >= 11 is 4.51. The third kappa shape index (κ3) is 6.34. The van der Waals surface area contributed by atoms with Crippen molar-refractivity contribution in [3.63, 3.8) is 0 Å². The Kier molecular flexibility index (Phi) is 7.31. The highest BCUT2D eigenvalue weighted by atomic mass is 79.9. The first-order valence-corrected chi connectivity index (χ1v) is 11.8. The van der Waals surface area contributed by atoms with Gasteiger partial charge in [0.25, 0.3) is 0 Å². The van der Waals surface area contributed by atoms with Crippen LogP contribution in [0.2, 0.25) is 0 Å². The molecule has 0 aliphatic carbocycles. The first kappa shape index (κ1) is 24.6. The van der Waals surface area contributed by atoms with Crippen LogP contribution in [0.3, 0.4) is 0 Å². The number of rotatable bonds is 7. The summed E-state index contributed by atoms with van der Waals surface area (Å²) in [4.78, 5) is 12.5. The number of aromatic nitrogens is 3. The Hall–Kier alpha value is -3.51. The van der Waals surface area contributed by atoms with Crippen molar-refractivity contribution in [1.29, 1.82) is 0 Å². The summed E-state index contributed by atoms with van der Waals surface area (Å²) in [5.74, 6) is -0.419. The van der Waals surface area contributed by atoms with Crippen LogP contribution in [0.15, 0.2) is 82.4 Å². The molecule has 7 nitrogen and oxygen atoms in total. The van der Waals surface area contributed by atoms with Crippen LogP contribution < -0.4 is 10.1 Å². The lowest BCUT2D eigenvalue weighted by Crippen LogP contribution is -2.17. The van der Waals surface area contributed by atoms with Crippen molar-refractivity contribution in [2.45, 2.75) is 11.5 Å². The Bertz CT molecular complexity index is 1330. The van der Waals surface area contributed by atoms with Crippen LogP contribution in [-0.2, 0) is 4.79 Å². The number of hydrogen-bond acceptors (Lipinski definition) is 6. The van der Waals surface area contributed by atoms with Crippen LogP contribution in [0.1, 0.15) is 0 Å². The summed E-state index contributed by atoms with van der Waals surface area (Å²) in [5.41, 5.74) is 1.50. The number of alkyl halides is 3. The zero-order valence-electron chi connectivity index (χ0n) is 17.7. The molecule has 180 valence electrons. The summed E-state index contributed by atoms with van der Waals surface area (Å²) in [6, 6.07) is 19.0. The van der Waals surface area contributed by atoms with E-state index in [0.717, 1.165) is 34.1 Å². The molecule has 12 heteroatoms. The first-order chi connectivity index (χ1) is 16.7. The van der Waals surface area contributed by atoms with Gasteiger partial charge in [0, 0.05) is 15.8 Å². The van der Waals surface area contributed by atoms with Gasteiger partial charge in [-0.1, -0.05) is 45.9 Å². The van der Waals surface area contributed by atoms with Crippen molar-refractivity contribution in [2.75, 3.05) is 11.1 Å². The number of benzene rings is 3. The maximum absolute atomic E-state index is 12.5. The minimum Gasteiger partial charge on any atom is -0.507 e. The van der Waals surface area contributed by atoms with Crippen LogP contribution in [0.4, 0.5) is 18.9 Å². The molecular formula is C23H16BrF3N4O3S. The van der Waals surface area contributed by atoms with Crippen LogP contribution in [0.25, 0.3) is 17.1 Å². The Morgan fingerprint density at radius 1 is 1.06 bits per heavy atom. The van der Waals surface area contributed by atoms with Gasteiger partial charge < -0.3 is 15.2 Å². The summed E-state index contributed by atoms with van der Waals surface area (Å²) in [6.45, 7) is 0. The quantitative estimate of drug-likeness (QED) is 0.266. The van der Waals surface area contributed by atoms with E-state index in [1.807, 2.05) is 30.3 Å². The average molecular weight is 565 g/mol. The number of phenols is 1. The molecule has 0 aliphatic rings. The lowest BCUT2D eigenvalue weighted by molar-refractivity contribution is -0.274. The number of carbonyl (C=O) groups excluding carboxylic acids is 1. The highest BCUT2D eigenvalue weighted by Gasteiger charge is 2.31.